The summed E-state index contributed by atoms with van der Waals surface area (Å²) in [5.74, 6) is 0.629. The van der Waals surface area contributed by atoms with Gasteiger partial charge < -0.3 is 15.2 Å². The van der Waals surface area contributed by atoms with Crippen molar-refractivity contribution in [2.45, 2.75) is 18.9 Å². The lowest BCUT2D eigenvalue weighted by Crippen LogP contribution is -2.28. The second-order valence-corrected chi connectivity index (χ2v) is 5.66. The van der Waals surface area contributed by atoms with E-state index in [0.717, 1.165) is 16.9 Å². The second-order valence-electron chi connectivity index (χ2n) is 5.22. The molecule has 0 aliphatic heterocycles. The van der Waals surface area contributed by atoms with E-state index in [-0.39, 0.29) is 12.5 Å². The van der Waals surface area contributed by atoms with Gasteiger partial charge in [-0.1, -0.05) is 35.9 Å². The minimum atomic E-state index is -0.740. The van der Waals surface area contributed by atoms with Crippen LogP contribution >= 0.6 is 11.6 Å². The fourth-order valence-electron chi connectivity index (χ4n) is 2.19. The molecule has 0 aromatic heterocycles. The maximum atomic E-state index is 11.9. The molecule has 0 aliphatic carbocycles. The summed E-state index contributed by atoms with van der Waals surface area (Å²) < 4.78 is 5.07. The third-order valence-electron chi connectivity index (χ3n) is 3.52. The Morgan fingerprint density at radius 2 is 2.00 bits per heavy atom. The van der Waals surface area contributed by atoms with E-state index in [2.05, 4.69) is 5.32 Å². The van der Waals surface area contributed by atoms with Gasteiger partial charge in [-0.15, -0.1) is 0 Å². The summed E-state index contributed by atoms with van der Waals surface area (Å²) in [6.45, 7) is 0.181. The first-order valence-electron chi connectivity index (χ1n) is 7.41. The van der Waals surface area contributed by atoms with Gasteiger partial charge in [-0.05, 0) is 41.8 Å². The number of rotatable bonds is 7. The molecule has 0 aliphatic rings. The van der Waals surface area contributed by atoms with E-state index in [0.29, 0.717) is 17.9 Å². The molecule has 5 heteroatoms. The van der Waals surface area contributed by atoms with E-state index < -0.39 is 6.10 Å². The molecule has 0 heterocycles. The first kappa shape index (κ1) is 17.3. The number of aryl methyl sites for hydroxylation is 1. The highest BCUT2D eigenvalue weighted by molar-refractivity contribution is 6.30. The Morgan fingerprint density at radius 3 is 2.65 bits per heavy atom. The molecule has 2 aromatic carbocycles. The number of carbonyl (C=O) groups excluding carboxylic acids is 1. The highest BCUT2D eigenvalue weighted by Gasteiger charge is 2.10. The zero-order valence-corrected chi connectivity index (χ0v) is 13.7. The quantitative estimate of drug-likeness (QED) is 0.818. The van der Waals surface area contributed by atoms with Gasteiger partial charge in [-0.25, -0.2) is 0 Å². The normalized spacial score (nSPS) is 11.8. The van der Waals surface area contributed by atoms with Gasteiger partial charge in [0.25, 0.3) is 0 Å². The third-order valence-corrected chi connectivity index (χ3v) is 3.76. The number of carbonyl (C=O) groups is 1. The van der Waals surface area contributed by atoms with Crippen molar-refractivity contribution in [2.24, 2.45) is 0 Å². The van der Waals surface area contributed by atoms with Crippen LogP contribution in [-0.2, 0) is 11.2 Å². The molecule has 0 radical (unpaired) electrons. The van der Waals surface area contributed by atoms with Crippen LogP contribution in [0.5, 0.6) is 5.75 Å². The molecule has 2 rings (SSSR count). The maximum Gasteiger partial charge on any atom is 0.220 e. The summed E-state index contributed by atoms with van der Waals surface area (Å²) in [5, 5.41) is 13.5. The van der Waals surface area contributed by atoms with Gasteiger partial charge in [0.2, 0.25) is 5.91 Å². The minimum Gasteiger partial charge on any atom is -0.497 e. The predicted octanol–water partition coefficient (Wildman–Crippen LogP) is 3.13. The summed E-state index contributed by atoms with van der Waals surface area (Å²) >= 11 is 5.91. The molecule has 0 saturated carbocycles. The van der Waals surface area contributed by atoms with Crippen LogP contribution < -0.4 is 10.1 Å². The number of ether oxygens (including phenoxy) is 1. The standard InChI is InChI=1S/C18H20ClNO3/c1-23-16-8-6-14(7-9-16)17(21)12-20-18(22)10-5-13-3-2-4-15(19)11-13/h2-4,6-9,11,17,21H,5,10,12H2,1H3,(H,20,22). The van der Waals surface area contributed by atoms with Crippen molar-refractivity contribution in [1.82, 2.24) is 5.32 Å². The molecule has 2 aromatic rings. The van der Waals surface area contributed by atoms with Crippen LogP contribution in [0.1, 0.15) is 23.7 Å². The SMILES string of the molecule is COc1ccc(C(O)CNC(=O)CCc2cccc(Cl)c2)cc1. The van der Waals surface area contributed by atoms with Crippen molar-refractivity contribution in [2.75, 3.05) is 13.7 Å². The van der Waals surface area contributed by atoms with Gasteiger partial charge >= 0.3 is 0 Å². The van der Waals surface area contributed by atoms with E-state index in [1.54, 1.807) is 37.4 Å². The summed E-state index contributed by atoms with van der Waals surface area (Å²) in [7, 11) is 1.59. The predicted molar refractivity (Wildman–Crippen MR) is 90.7 cm³/mol. The number of methoxy groups -OCH3 is 1. The first-order valence-corrected chi connectivity index (χ1v) is 7.79. The Hall–Kier alpha value is -2.04. The zero-order chi connectivity index (χ0) is 16.7. The minimum absolute atomic E-state index is 0.0995. The molecule has 4 nitrogen and oxygen atoms in total. The van der Waals surface area contributed by atoms with E-state index >= 15 is 0 Å². The molecule has 0 spiro atoms. The number of aliphatic hydroxyl groups is 1. The molecule has 122 valence electrons. The zero-order valence-electron chi connectivity index (χ0n) is 13.0. The molecule has 1 unspecified atom stereocenters. The van der Waals surface area contributed by atoms with Crippen LogP contribution in [0.3, 0.4) is 0 Å². The molecule has 23 heavy (non-hydrogen) atoms. The van der Waals surface area contributed by atoms with E-state index in [1.807, 2.05) is 18.2 Å². The maximum absolute atomic E-state index is 11.9. The smallest absolute Gasteiger partial charge is 0.220 e. The number of hydrogen-bond acceptors (Lipinski definition) is 3. The Kier molecular flexibility index (Phi) is 6.44. The molecular formula is C18H20ClNO3. The lowest BCUT2D eigenvalue weighted by molar-refractivity contribution is -0.121. The Bertz CT molecular complexity index is 643. The molecule has 2 N–H and O–H groups in total. The molecule has 0 bridgehead atoms. The van der Waals surface area contributed by atoms with Crippen molar-refractivity contribution in [3.05, 3.63) is 64.7 Å². The van der Waals surface area contributed by atoms with Gasteiger partial charge in [-0.3, -0.25) is 4.79 Å². The van der Waals surface area contributed by atoms with Gasteiger partial charge in [0.1, 0.15) is 5.75 Å². The number of halogens is 1. The van der Waals surface area contributed by atoms with E-state index in [1.165, 1.54) is 0 Å². The van der Waals surface area contributed by atoms with E-state index in [9.17, 15) is 9.90 Å². The van der Waals surface area contributed by atoms with Crippen LogP contribution in [0, 0.1) is 0 Å². The van der Waals surface area contributed by atoms with Gasteiger partial charge in [0, 0.05) is 18.0 Å². The summed E-state index contributed by atoms with van der Waals surface area (Å²) in [6.07, 6.45) is 0.233. The molecular weight excluding hydrogens is 314 g/mol. The second kappa shape index (κ2) is 8.56. The van der Waals surface area contributed by atoms with Crippen molar-refractivity contribution in [3.63, 3.8) is 0 Å². The molecule has 1 amide bonds. The Balaban J connectivity index is 1.76. The number of aliphatic hydroxyl groups excluding tert-OH is 1. The van der Waals surface area contributed by atoms with Crippen LogP contribution in [-0.4, -0.2) is 24.7 Å². The largest absolute Gasteiger partial charge is 0.497 e. The lowest BCUT2D eigenvalue weighted by atomic mass is 10.1. The summed E-state index contributed by atoms with van der Waals surface area (Å²) in [4.78, 5) is 11.9. The van der Waals surface area contributed by atoms with Crippen molar-refractivity contribution in [3.8, 4) is 5.75 Å². The van der Waals surface area contributed by atoms with Crippen LogP contribution in [0.4, 0.5) is 0 Å². The van der Waals surface area contributed by atoms with Crippen molar-refractivity contribution < 1.29 is 14.6 Å². The average molecular weight is 334 g/mol. The van der Waals surface area contributed by atoms with Gasteiger partial charge in [0.05, 0.1) is 13.2 Å². The lowest BCUT2D eigenvalue weighted by Gasteiger charge is -2.13. The van der Waals surface area contributed by atoms with Crippen LogP contribution in [0.2, 0.25) is 5.02 Å². The Morgan fingerprint density at radius 1 is 1.26 bits per heavy atom. The Labute approximate surface area is 141 Å². The number of hydrogen-bond donors (Lipinski definition) is 2. The summed E-state index contributed by atoms with van der Waals surface area (Å²) in [6, 6.07) is 14.6. The van der Waals surface area contributed by atoms with Crippen molar-refractivity contribution >= 4 is 17.5 Å². The third kappa shape index (κ3) is 5.58. The van der Waals surface area contributed by atoms with Gasteiger partial charge in [0.15, 0.2) is 0 Å². The van der Waals surface area contributed by atoms with Crippen LogP contribution in [0.25, 0.3) is 0 Å². The highest BCUT2D eigenvalue weighted by atomic mass is 35.5. The number of nitrogens with one attached hydrogen (secondary N) is 1. The highest BCUT2D eigenvalue weighted by Crippen LogP contribution is 2.17. The summed E-state index contributed by atoms with van der Waals surface area (Å²) in [5.41, 5.74) is 1.75. The topological polar surface area (TPSA) is 58.6 Å². The molecule has 1 atom stereocenters. The van der Waals surface area contributed by atoms with Gasteiger partial charge in [-0.2, -0.15) is 0 Å². The average Bonchev–Trinajstić information content (AvgIpc) is 2.58. The fraction of sp³-hybridized carbons (Fsp3) is 0.278. The first-order chi connectivity index (χ1) is 11.1. The van der Waals surface area contributed by atoms with Crippen LogP contribution in [0.15, 0.2) is 48.5 Å². The molecule has 0 fully saturated rings. The fourth-order valence-corrected chi connectivity index (χ4v) is 2.41. The molecule has 0 saturated heterocycles. The van der Waals surface area contributed by atoms with E-state index in [4.69, 9.17) is 16.3 Å². The monoisotopic (exact) mass is 333 g/mol. The van der Waals surface area contributed by atoms with Crippen molar-refractivity contribution in [1.29, 1.82) is 0 Å². The number of amides is 1. The number of benzene rings is 2.